The summed E-state index contributed by atoms with van der Waals surface area (Å²) in [7, 11) is 0. The lowest BCUT2D eigenvalue weighted by Crippen LogP contribution is -2.43. The van der Waals surface area contributed by atoms with Crippen molar-refractivity contribution in [2.75, 3.05) is 26.2 Å². The molecule has 2 rings (SSSR count). The van der Waals surface area contributed by atoms with E-state index in [-0.39, 0.29) is 12.5 Å². The van der Waals surface area contributed by atoms with Gasteiger partial charge >= 0.3 is 0 Å². The first-order valence-corrected chi connectivity index (χ1v) is 9.22. The summed E-state index contributed by atoms with van der Waals surface area (Å²) in [5.41, 5.74) is 1.05. The number of ether oxygens (including phenoxy) is 1. The number of rotatable bonds is 10. The van der Waals surface area contributed by atoms with Crippen LogP contribution in [-0.4, -0.2) is 38.1 Å². The highest BCUT2D eigenvalue weighted by Gasteiger charge is 2.22. The summed E-state index contributed by atoms with van der Waals surface area (Å²) in [6.45, 7) is 6.97. The van der Waals surface area contributed by atoms with E-state index in [0.29, 0.717) is 19.0 Å². The molecule has 6 heteroatoms. The number of hydrogen-bond donors (Lipinski definition) is 3. The normalized spacial score (nSPS) is 14.1. The van der Waals surface area contributed by atoms with Crippen molar-refractivity contribution in [1.29, 1.82) is 0 Å². The van der Waals surface area contributed by atoms with Crippen molar-refractivity contribution >= 4 is 11.9 Å². The minimum Gasteiger partial charge on any atom is -0.493 e. The second-order valence-corrected chi connectivity index (χ2v) is 6.26. The van der Waals surface area contributed by atoms with E-state index in [1.807, 2.05) is 38.1 Å². The largest absolute Gasteiger partial charge is 0.493 e. The number of benzene rings is 1. The molecule has 1 saturated carbocycles. The molecule has 1 fully saturated rings. The van der Waals surface area contributed by atoms with Crippen molar-refractivity contribution in [1.82, 2.24) is 16.0 Å². The molecule has 0 spiro atoms. The predicted molar refractivity (Wildman–Crippen MR) is 101 cm³/mol. The summed E-state index contributed by atoms with van der Waals surface area (Å²) in [6.07, 6.45) is 3.47. The topological polar surface area (TPSA) is 74.8 Å². The molecule has 1 aromatic carbocycles. The third-order valence-electron chi connectivity index (χ3n) is 3.88. The number of amides is 1. The van der Waals surface area contributed by atoms with Crippen LogP contribution in [0.2, 0.25) is 0 Å². The maximum Gasteiger partial charge on any atom is 0.239 e. The van der Waals surface area contributed by atoms with Crippen LogP contribution in [0.15, 0.2) is 29.3 Å². The lowest BCUT2D eigenvalue weighted by Gasteiger charge is -2.13. The Hall–Kier alpha value is -2.24. The molecule has 0 aliphatic heterocycles. The second-order valence-electron chi connectivity index (χ2n) is 6.26. The molecular formula is C19H30N4O2. The van der Waals surface area contributed by atoms with Crippen LogP contribution in [0.5, 0.6) is 5.75 Å². The zero-order chi connectivity index (χ0) is 17.9. The minimum absolute atomic E-state index is 0.0272. The Kier molecular flexibility index (Phi) is 8.09. The maximum absolute atomic E-state index is 11.7. The fourth-order valence-corrected chi connectivity index (χ4v) is 2.26. The summed E-state index contributed by atoms with van der Waals surface area (Å²) in [6, 6.07) is 8.00. The van der Waals surface area contributed by atoms with Gasteiger partial charge in [0.2, 0.25) is 5.91 Å². The Bertz CT molecular complexity index is 570. The molecule has 0 atom stereocenters. The van der Waals surface area contributed by atoms with Crippen molar-refractivity contribution in [3.8, 4) is 5.75 Å². The molecule has 1 aliphatic rings. The van der Waals surface area contributed by atoms with Gasteiger partial charge in [-0.3, -0.25) is 4.79 Å². The van der Waals surface area contributed by atoms with Gasteiger partial charge in [0.15, 0.2) is 5.96 Å². The van der Waals surface area contributed by atoms with E-state index < -0.39 is 0 Å². The monoisotopic (exact) mass is 346 g/mol. The van der Waals surface area contributed by atoms with E-state index in [0.717, 1.165) is 36.8 Å². The molecule has 1 amide bonds. The number of hydrogen-bond acceptors (Lipinski definition) is 3. The van der Waals surface area contributed by atoms with Crippen LogP contribution in [0.1, 0.15) is 38.7 Å². The van der Waals surface area contributed by atoms with Gasteiger partial charge in [-0.05, 0) is 38.2 Å². The van der Waals surface area contributed by atoms with Gasteiger partial charge < -0.3 is 20.7 Å². The van der Waals surface area contributed by atoms with Gasteiger partial charge in [-0.1, -0.05) is 25.1 Å². The zero-order valence-electron chi connectivity index (χ0n) is 15.3. The summed E-state index contributed by atoms with van der Waals surface area (Å²) in [5, 5.41) is 9.07. The molecule has 6 nitrogen and oxygen atoms in total. The standard InChI is InChI=1S/C19H30N4O2/c1-3-11-21-18(24)13-23-19(20-4-2)22-12-16-7-5-6-8-17(16)25-14-15-9-10-15/h5-8,15H,3-4,9-14H2,1-2H3,(H,21,24)(H2,20,22,23). The smallest absolute Gasteiger partial charge is 0.239 e. The molecule has 25 heavy (non-hydrogen) atoms. The van der Waals surface area contributed by atoms with Gasteiger partial charge in [0.25, 0.3) is 0 Å². The lowest BCUT2D eigenvalue weighted by molar-refractivity contribution is -0.120. The van der Waals surface area contributed by atoms with Gasteiger partial charge in [-0.2, -0.15) is 0 Å². The van der Waals surface area contributed by atoms with Gasteiger partial charge in [-0.15, -0.1) is 0 Å². The molecule has 0 aromatic heterocycles. The number of nitrogens with zero attached hydrogens (tertiary/aromatic N) is 1. The summed E-state index contributed by atoms with van der Waals surface area (Å²) in [5.74, 6) is 2.22. The van der Waals surface area contributed by atoms with Crippen LogP contribution in [0.25, 0.3) is 0 Å². The number of aliphatic imine (C=N–C) groups is 1. The SMILES string of the molecule is CCCNC(=O)CNC(=NCc1ccccc1OCC1CC1)NCC. The van der Waals surface area contributed by atoms with E-state index >= 15 is 0 Å². The summed E-state index contributed by atoms with van der Waals surface area (Å²) in [4.78, 5) is 16.3. The number of nitrogens with one attached hydrogen (secondary N) is 3. The van der Waals surface area contributed by atoms with Crippen molar-refractivity contribution in [3.05, 3.63) is 29.8 Å². The van der Waals surface area contributed by atoms with Crippen LogP contribution in [-0.2, 0) is 11.3 Å². The highest BCUT2D eigenvalue weighted by atomic mass is 16.5. The van der Waals surface area contributed by atoms with Crippen molar-refractivity contribution < 1.29 is 9.53 Å². The molecule has 1 aliphatic carbocycles. The fourth-order valence-electron chi connectivity index (χ4n) is 2.26. The first-order valence-electron chi connectivity index (χ1n) is 9.22. The highest BCUT2D eigenvalue weighted by Crippen LogP contribution is 2.30. The highest BCUT2D eigenvalue weighted by molar-refractivity contribution is 5.86. The number of carbonyl (C=O) groups excluding carboxylic acids is 1. The third-order valence-corrected chi connectivity index (χ3v) is 3.88. The summed E-state index contributed by atoms with van der Waals surface area (Å²) >= 11 is 0. The van der Waals surface area contributed by atoms with Crippen LogP contribution in [0.4, 0.5) is 0 Å². The summed E-state index contributed by atoms with van der Waals surface area (Å²) < 4.78 is 5.92. The molecule has 0 heterocycles. The first kappa shape index (κ1) is 19.1. The molecule has 1 aromatic rings. The van der Waals surface area contributed by atoms with E-state index in [1.54, 1.807) is 0 Å². The Morgan fingerprint density at radius 2 is 2.00 bits per heavy atom. The van der Waals surface area contributed by atoms with Crippen LogP contribution >= 0.6 is 0 Å². The van der Waals surface area contributed by atoms with Gasteiger partial charge in [0, 0.05) is 18.7 Å². The Balaban J connectivity index is 1.89. The van der Waals surface area contributed by atoms with E-state index in [4.69, 9.17) is 4.74 Å². The number of para-hydroxylation sites is 1. The van der Waals surface area contributed by atoms with E-state index in [2.05, 4.69) is 20.9 Å². The van der Waals surface area contributed by atoms with Crippen LogP contribution in [0.3, 0.4) is 0 Å². The molecular weight excluding hydrogens is 316 g/mol. The van der Waals surface area contributed by atoms with Gasteiger partial charge in [-0.25, -0.2) is 4.99 Å². The molecule has 0 bridgehead atoms. The maximum atomic E-state index is 11.7. The predicted octanol–water partition coefficient (Wildman–Crippen LogP) is 2.06. The number of guanidine groups is 1. The van der Waals surface area contributed by atoms with Crippen molar-refractivity contribution in [2.45, 2.75) is 39.7 Å². The molecule has 3 N–H and O–H groups in total. The van der Waals surface area contributed by atoms with E-state index in [1.165, 1.54) is 12.8 Å². The van der Waals surface area contributed by atoms with Crippen LogP contribution < -0.4 is 20.7 Å². The third kappa shape index (κ3) is 7.45. The quantitative estimate of drug-likeness (QED) is 0.448. The fraction of sp³-hybridized carbons (Fsp3) is 0.579. The molecule has 138 valence electrons. The molecule has 0 radical (unpaired) electrons. The van der Waals surface area contributed by atoms with Crippen molar-refractivity contribution in [2.24, 2.45) is 10.9 Å². The Morgan fingerprint density at radius 1 is 1.20 bits per heavy atom. The van der Waals surface area contributed by atoms with Crippen molar-refractivity contribution in [3.63, 3.8) is 0 Å². The van der Waals surface area contributed by atoms with Crippen LogP contribution in [0, 0.1) is 5.92 Å². The Morgan fingerprint density at radius 3 is 2.72 bits per heavy atom. The lowest BCUT2D eigenvalue weighted by atomic mass is 10.2. The average Bonchev–Trinajstić information content (AvgIpc) is 3.45. The van der Waals surface area contributed by atoms with E-state index in [9.17, 15) is 4.79 Å². The average molecular weight is 346 g/mol. The van der Waals surface area contributed by atoms with Gasteiger partial charge in [0.1, 0.15) is 5.75 Å². The number of carbonyl (C=O) groups is 1. The second kappa shape index (κ2) is 10.6. The molecule has 0 unspecified atom stereocenters. The first-order chi connectivity index (χ1) is 12.2. The molecule has 0 saturated heterocycles. The minimum atomic E-state index is -0.0272. The van der Waals surface area contributed by atoms with Gasteiger partial charge in [0.05, 0.1) is 19.7 Å². The zero-order valence-corrected chi connectivity index (χ0v) is 15.3. The Labute approximate surface area is 150 Å².